The largest absolute Gasteiger partial charge is 0.310 e. The van der Waals surface area contributed by atoms with E-state index in [2.05, 4.69) is 24.1 Å². The summed E-state index contributed by atoms with van der Waals surface area (Å²) < 4.78 is 13.9. The molecule has 1 aromatic carbocycles. The molecule has 1 nitrogen and oxygen atoms in total. The first-order valence-electron chi connectivity index (χ1n) is 6.27. The maximum absolute atomic E-state index is 13.9. The summed E-state index contributed by atoms with van der Waals surface area (Å²) in [6.45, 7) is 4.78. The van der Waals surface area contributed by atoms with Crippen molar-refractivity contribution in [1.82, 2.24) is 5.32 Å². The Bertz CT molecular complexity index is 434. The fourth-order valence-corrected chi connectivity index (χ4v) is 1.97. The topological polar surface area (TPSA) is 12.0 Å². The third-order valence-electron chi connectivity index (χ3n) is 2.71. The summed E-state index contributed by atoms with van der Waals surface area (Å²) in [6, 6.07) is 4.85. The molecule has 1 atom stereocenters. The molecule has 98 valence electrons. The minimum atomic E-state index is -0.249. The SMILES string of the molecule is CC#CCCC(NCCC)c1ccc(Cl)cc1F. The normalized spacial score (nSPS) is 11.8. The second-order valence-electron chi connectivity index (χ2n) is 4.14. The second kappa shape index (κ2) is 8.13. The number of halogens is 2. The molecule has 3 heteroatoms. The van der Waals surface area contributed by atoms with Crippen molar-refractivity contribution in [3.63, 3.8) is 0 Å². The van der Waals surface area contributed by atoms with Crippen LogP contribution in [0.4, 0.5) is 4.39 Å². The van der Waals surface area contributed by atoms with E-state index in [1.54, 1.807) is 12.1 Å². The Hall–Kier alpha value is -1.04. The minimum Gasteiger partial charge on any atom is -0.310 e. The van der Waals surface area contributed by atoms with Crippen LogP contribution >= 0.6 is 11.6 Å². The van der Waals surface area contributed by atoms with Gasteiger partial charge in [0.05, 0.1) is 0 Å². The van der Waals surface area contributed by atoms with Crippen LogP contribution in [-0.2, 0) is 0 Å². The Labute approximate surface area is 114 Å². The lowest BCUT2D eigenvalue weighted by Crippen LogP contribution is -2.23. The van der Waals surface area contributed by atoms with Gasteiger partial charge in [0.15, 0.2) is 0 Å². The van der Waals surface area contributed by atoms with Crippen LogP contribution in [0.5, 0.6) is 0 Å². The van der Waals surface area contributed by atoms with Gasteiger partial charge in [0, 0.05) is 23.0 Å². The van der Waals surface area contributed by atoms with Gasteiger partial charge in [-0.05, 0) is 38.4 Å². The van der Waals surface area contributed by atoms with E-state index < -0.39 is 0 Å². The number of hydrogen-bond acceptors (Lipinski definition) is 1. The fourth-order valence-electron chi connectivity index (χ4n) is 1.81. The predicted molar refractivity (Wildman–Crippen MR) is 75.1 cm³/mol. The lowest BCUT2D eigenvalue weighted by Gasteiger charge is -2.18. The van der Waals surface area contributed by atoms with Crippen LogP contribution in [-0.4, -0.2) is 6.54 Å². The molecule has 1 N–H and O–H groups in total. The molecule has 0 aliphatic heterocycles. The summed E-state index contributed by atoms with van der Waals surface area (Å²) in [4.78, 5) is 0. The van der Waals surface area contributed by atoms with Crippen molar-refractivity contribution < 1.29 is 4.39 Å². The van der Waals surface area contributed by atoms with Gasteiger partial charge >= 0.3 is 0 Å². The standard InChI is InChI=1S/C15H19ClFN/c1-3-5-6-7-15(18-10-4-2)13-9-8-12(16)11-14(13)17/h8-9,11,15,18H,4,6-7,10H2,1-2H3. The van der Waals surface area contributed by atoms with Gasteiger partial charge in [-0.1, -0.05) is 24.6 Å². The third kappa shape index (κ3) is 4.68. The van der Waals surface area contributed by atoms with E-state index in [-0.39, 0.29) is 11.9 Å². The van der Waals surface area contributed by atoms with E-state index in [0.717, 1.165) is 25.8 Å². The number of rotatable bonds is 6. The van der Waals surface area contributed by atoms with Crippen molar-refractivity contribution in [1.29, 1.82) is 0 Å². The number of nitrogens with one attached hydrogen (secondary N) is 1. The molecule has 0 radical (unpaired) electrons. The molecular weight excluding hydrogens is 249 g/mol. The van der Waals surface area contributed by atoms with Gasteiger partial charge < -0.3 is 5.32 Å². The molecule has 0 aliphatic carbocycles. The molecule has 0 aromatic heterocycles. The molecule has 0 amide bonds. The Morgan fingerprint density at radius 3 is 2.83 bits per heavy atom. The molecule has 0 saturated heterocycles. The molecule has 0 saturated carbocycles. The average Bonchev–Trinajstić information content (AvgIpc) is 2.34. The van der Waals surface area contributed by atoms with Crippen molar-refractivity contribution in [2.45, 2.75) is 39.2 Å². The molecule has 0 fully saturated rings. The highest BCUT2D eigenvalue weighted by Gasteiger charge is 2.14. The van der Waals surface area contributed by atoms with E-state index in [4.69, 9.17) is 11.6 Å². The summed E-state index contributed by atoms with van der Waals surface area (Å²) >= 11 is 5.77. The Kier molecular flexibility index (Phi) is 6.78. The summed E-state index contributed by atoms with van der Waals surface area (Å²) in [7, 11) is 0. The summed E-state index contributed by atoms with van der Waals surface area (Å²) in [5.41, 5.74) is 0.672. The second-order valence-corrected chi connectivity index (χ2v) is 4.57. The van der Waals surface area contributed by atoms with Crippen LogP contribution in [0.25, 0.3) is 0 Å². The van der Waals surface area contributed by atoms with Crippen LogP contribution in [0.2, 0.25) is 5.02 Å². The first-order chi connectivity index (χ1) is 8.69. The van der Waals surface area contributed by atoms with Crippen LogP contribution in [0.1, 0.15) is 44.7 Å². The summed E-state index contributed by atoms with van der Waals surface area (Å²) in [5.74, 6) is 5.63. The summed E-state index contributed by atoms with van der Waals surface area (Å²) in [5, 5.41) is 3.78. The molecule has 1 rings (SSSR count). The van der Waals surface area contributed by atoms with E-state index in [1.807, 2.05) is 6.92 Å². The highest BCUT2D eigenvalue weighted by atomic mass is 35.5. The fraction of sp³-hybridized carbons (Fsp3) is 0.467. The van der Waals surface area contributed by atoms with E-state index in [9.17, 15) is 4.39 Å². The van der Waals surface area contributed by atoms with Crippen molar-refractivity contribution in [2.24, 2.45) is 0 Å². The molecular formula is C15H19ClFN. The molecule has 0 heterocycles. The highest BCUT2D eigenvalue weighted by molar-refractivity contribution is 6.30. The van der Waals surface area contributed by atoms with E-state index in [0.29, 0.717) is 10.6 Å². The Morgan fingerprint density at radius 1 is 1.44 bits per heavy atom. The number of benzene rings is 1. The van der Waals surface area contributed by atoms with Crippen LogP contribution in [0.15, 0.2) is 18.2 Å². The van der Waals surface area contributed by atoms with Crippen molar-refractivity contribution in [3.05, 3.63) is 34.6 Å². The average molecular weight is 268 g/mol. The first kappa shape index (κ1) is 15.0. The highest BCUT2D eigenvalue weighted by Crippen LogP contribution is 2.24. The lowest BCUT2D eigenvalue weighted by molar-refractivity contribution is 0.478. The third-order valence-corrected chi connectivity index (χ3v) is 2.95. The molecule has 18 heavy (non-hydrogen) atoms. The maximum Gasteiger partial charge on any atom is 0.129 e. The Balaban J connectivity index is 2.81. The maximum atomic E-state index is 13.9. The van der Waals surface area contributed by atoms with Gasteiger partial charge in [0.25, 0.3) is 0 Å². The van der Waals surface area contributed by atoms with Gasteiger partial charge in [-0.3, -0.25) is 0 Å². The monoisotopic (exact) mass is 267 g/mol. The quantitative estimate of drug-likeness (QED) is 0.757. The van der Waals surface area contributed by atoms with Gasteiger partial charge in [0.1, 0.15) is 5.82 Å². The van der Waals surface area contributed by atoms with Crippen molar-refractivity contribution in [2.75, 3.05) is 6.54 Å². The molecule has 0 aliphatic rings. The van der Waals surface area contributed by atoms with Gasteiger partial charge in [-0.15, -0.1) is 11.8 Å². The smallest absolute Gasteiger partial charge is 0.129 e. The Morgan fingerprint density at radius 2 is 2.22 bits per heavy atom. The van der Waals surface area contributed by atoms with Crippen LogP contribution in [0.3, 0.4) is 0 Å². The van der Waals surface area contributed by atoms with Crippen molar-refractivity contribution in [3.8, 4) is 11.8 Å². The van der Waals surface area contributed by atoms with Gasteiger partial charge in [0.2, 0.25) is 0 Å². The minimum absolute atomic E-state index is 0.00284. The number of hydrogen-bond donors (Lipinski definition) is 1. The zero-order chi connectivity index (χ0) is 13.4. The van der Waals surface area contributed by atoms with E-state index in [1.165, 1.54) is 6.07 Å². The molecule has 0 spiro atoms. The molecule has 1 unspecified atom stereocenters. The lowest BCUT2D eigenvalue weighted by atomic mass is 10.0. The summed E-state index contributed by atoms with van der Waals surface area (Å²) in [6.07, 6.45) is 2.59. The van der Waals surface area contributed by atoms with Crippen LogP contribution < -0.4 is 5.32 Å². The van der Waals surface area contributed by atoms with Gasteiger partial charge in [-0.2, -0.15) is 0 Å². The predicted octanol–water partition coefficient (Wildman–Crippen LogP) is 4.32. The van der Waals surface area contributed by atoms with Gasteiger partial charge in [-0.25, -0.2) is 4.39 Å². The molecule has 1 aromatic rings. The zero-order valence-corrected chi connectivity index (χ0v) is 11.6. The van der Waals surface area contributed by atoms with Crippen LogP contribution in [0, 0.1) is 17.7 Å². The van der Waals surface area contributed by atoms with E-state index >= 15 is 0 Å². The zero-order valence-electron chi connectivity index (χ0n) is 10.9. The first-order valence-corrected chi connectivity index (χ1v) is 6.64. The van der Waals surface area contributed by atoms with Crippen molar-refractivity contribution >= 4 is 11.6 Å². The molecule has 0 bridgehead atoms.